The third kappa shape index (κ3) is 3.61. The summed E-state index contributed by atoms with van der Waals surface area (Å²) in [4.78, 5) is 13.6. The molecule has 0 unspecified atom stereocenters. The highest BCUT2D eigenvalue weighted by Gasteiger charge is 2.33. The molecule has 150 valence electrons. The maximum absolute atomic E-state index is 13.9. The van der Waals surface area contributed by atoms with Gasteiger partial charge in [0.2, 0.25) is 0 Å². The third-order valence-electron chi connectivity index (χ3n) is 4.26. The Morgan fingerprint density at radius 3 is 2.39 bits per heavy atom. The number of urea groups is 1. The van der Waals surface area contributed by atoms with Gasteiger partial charge in [-0.15, -0.1) is 0 Å². The zero-order chi connectivity index (χ0) is 20.9. The highest BCUT2D eigenvalue weighted by atomic mass is 32.2. The Bertz CT molecular complexity index is 1050. The molecule has 0 saturated heterocycles. The Morgan fingerprint density at radius 2 is 1.75 bits per heavy atom. The van der Waals surface area contributed by atoms with E-state index in [2.05, 4.69) is 4.72 Å². The van der Waals surface area contributed by atoms with Crippen LogP contribution >= 0.6 is 0 Å². The lowest BCUT2D eigenvalue weighted by Gasteiger charge is -2.32. The number of nitrogens with zero attached hydrogens (tertiary/aromatic N) is 2. The summed E-state index contributed by atoms with van der Waals surface area (Å²) < 4.78 is 79.4. The summed E-state index contributed by atoms with van der Waals surface area (Å²) in [7, 11) is -1.49. The van der Waals surface area contributed by atoms with Crippen molar-refractivity contribution in [3.05, 3.63) is 53.3 Å². The minimum atomic E-state index is -4.81. The van der Waals surface area contributed by atoms with Gasteiger partial charge in [-0.1, -0.05) is 0 Å². The third-order valence-corrected chi connectivity index (χ3v) is 5.66. The number of hydrogen-bond acceptors (Lipinski definition) is 3. The number of nitrogens with one attached hydrogen (secondary N) is 1. The molecule has 0 atom stereocenters. The predicted octanol–water partition coefficient (Wildman–Crippen LogP) is 3.65. The van der Waals surface area contributed by atoms with Gasteiger partial charge in [0, 0.05) is 26.3 Å². The minimum Gasteiger partial charge on any atom is -0.323 e. The Morgan fingerprint density at radius 1 is 1.07 bits per heavy atom. The number of hydrogen-bond donors (Lipinski definition) is 1. The highest BCUT2D eigenvalue weighted by molar-refractivity contribution is 7.92. The molecule has 0 aromatic heterocycles. The van der Waals surface area contributed by atoms with E-state index in [1.54, 1.807) is 14.1 Å². The predicted molar refractivity (Wildman–Crippen MR) is 93.9 cm³/mol. The lowest BCUT2D eigenvalue weighted by Crippen LogP contribution is -2.42. The van der Waals surface area contributed by atoms with Gasteiger partial charge in [-0.2, -0.15) is 13.2 Å². The quantitative estimate of drug-likeness (QED) is 0.776. The average molecular weight is 417 g/mol. The first-order chi connectivity index (χ1) is 12.9. The van der Waals surface area contributed by atoms with E-state index in [-0.39, 0.29) is 24.3 Å². The second kappa shape index (κ2) is 6.66. The summed E-state index contributed by atoms with van der Waals surface area (Å²) in [5.41, 5.74) is -0.0567. The minimum absolute atomic E-state index is 0.0340. The summed E-state index contributed by atoms with van der Waals surface area (Å²) in [5.74, 6) is -1.30. The zero-order valence-corrected chi connectivity index (χ0v) is 15.5. The van der Waals surface area contributed by atoms with Gasteiger partial charge in [0.1, 0.15) is 10.7 Å². The Kier molecular flexibility index (Phi) is 4.74. The average Bonchev–Trinajstić information content (AvgIpc) is 2.58. The Balaban J connectivity index is 1.96. The number of halogens is 4. The van der Waals surface area contributed by atoms with Crippen LogP contribution in [-0.2, 0) is 22.7 Å². The lowest BCUT2D eigenvalue weighted by molar-refractivity contribution is -0.137. The van der Waals surface area contributed by atoms with Gasteiger partial charge < -0.3 is 4.90 Å². The van der Waals surface area contributed by atoms with Crippen molar-refractivity contribution < 1.29 is 30.8 Å². The van der Waals surface area contributed by atoms with E-state index in [1.807, 2.05) is 0 Å². The van der Waals surface area contributed by atoms with Crippen LogP contribution in [0.2, 0.25) is 0 Å². The summed E-state index contributed by atoms with van der Waals surface area (Å²) in [5, 5.41) is 0. The number of sulfonamides is 1. The molecule has 0 radical (unpaired) electrons. The van der Waals surface area contributed by atoms with Crippen LogP contribution in [0.4, 0.5) is 33.7 Å². The van der Waals surface area contributed by atoms with Crippen LogP contribution < -0.4 is 9.62 Å². The van der Waals surface area contributed by atoms with E-state index in [0.717, 1.165) is 0 Å². The Labute approximate surface area is 158 Å². The SMILES string of the molecule is CN1Cc2cc(NS(=O)(=O)c3cc(C(F)(F)F)ccc3F)ccc2N(C)C1=O. The molecule has 0 saturated carbocycles. The van der Waals surface area contributed by atoms with E-state index in [1.165, 1.54) is 28.0 Å². The molecule has 2 aromatic carbocycles. The number of rotatable bonds is 3. The maximum Gasteiger partial charge on any atom is 0.416 e. The summed E-state index contributed by atoms with van der Waals surface area (Å²) >= 11 is 0. The molecule has 1 aliphatic heterocycles. The zero-order valence-electron chi connectivity index (χ0n) is 14.7. The molecule has 28 heavy (non-hydrogen) atoms. The fourth-order valence-electron chi connectivity index (χ4n) is 2.88. The molecular formula is C17H15F4N3O3S. The standard InChI is InChI=1S/C17H15F4N3O3S/c1-23-9-10-7-12(4-6-14(10)24(2)16(23)25)22-28(26,27)15-8-11(17(19,20)21)3-5-13(15)18/h3-8,22H,9H2,1-2H3. The smallest absolute Gasteiger partial charge is 0.323 e. The molecule has 0 bridgehead atoms. The van der Waals surface area contributed by atoms with Crippen LogP contribution in [0.15, 0.2) is 41.3 Å². The van der Waals surface area contributed by atoms with Crippen LogP contribution in [0.1, 0.15) is 11.1 Å². The van der Waals surface area contributed by atoms with Crippen molar-refractivity contribution in [2.45, 2.75) is 17.6 Å². The number of amides is 2. The van der Waals surface area contributed by atoms with Crippen molar-refractivity contribution in [3.8, 4) is 0 Å². The number of benzene rings is 2. The van der Waals surface area contributed by atoms with E-state index in [4.69, 9.17) is 0 Å². The van der Waals surface area contributed by atoms with Crippen LogP contribution in [0.5, 0.6) is 0 Å². The number of carbonyl (C=O) groups excluding carboxylic acids is 1. The lowest BCUT2D eigenvalue weighted by atomic mass is 10.1. The number of anilines is 2. The van der Waals surface area contributed by atoms with Crippen LogP contribution in [0.3, 0.4) is 0 Å². The second-order valence-corrected chi connectivity index (χ2v) is 7.94. The molecule has 2 aromatic rings. The monoisotopic (exact) mass is 417 g/mol. The van der Waals surface area contributed by atoms with Gasteiger partial charge in [-0.3, -0.25) is 9.62 Å². The first kappa shape index (κ1) is 19.9. The van der Waals surface area contributed by atoms with E-state index in [9.17, 15) is 30.8 Å². The molecule has 1 N–H and O–H groups in total. The van der Waals surface area contributed by atoms with Crippen LogP contribution in [-0.4, -0.2) is 33.4 Å². The molecule has 2 amide bonds. The van der Waals surface area contributed by atoms with Gasteiger partial charge in [-0.05, 0) is 42.0 Å². The molecular weight excluding hydrogens is 402 g/mol. The largest absolute Gasteiger partial charge is 0.416 e. The van der Waals surface area contributed by atoms with Crippen molar-refractivity contribution in [1.82, 2.24) is 4.90 Å². The summed E-state index contributed by atoms with van der Waals surface area (Å²) in [6.07, 6.45) is -4.81. The van der Waals surface area contributed by atoms with Crippen LogP contribution in [0, 0.1) is 5.82 Å². The van der Waals surface area contributed by atoms with Crippen molar-refractivity contribution in [3.63, 3.8) is 0 Å². The summed E-state index contributed by atoms with van der Waals surface area (Å²) in [6.45, 7) is 0.214. The van der Waals surface area contributed by atoms with E-state index >= 15 is 0 Å². The van der Waals surface area contributed by atoms with Crippen molar-refractivity contribution in [2.75, 3.05) is 23.7 Å². The maximum atomic E-state index is 13.9. The Hall–Kier alpha value is -2.82. The van der Waals surface area contributed by atoms with E-state index < -0.39 is 32.5 Å². The number of alkyl halides is 3. The molecule has 1 heterocycles. The van der Waals surface area contributed by atoms with Crippen LogP contribution in [0.25, 0.3) is 0 Å². The number of carbonyl (C=O) groups is 1. The number of fused-ring (bicyclic) bond motifs is 1. The van der Waals surface area contributed by atoms with Gasteiger partial charge in [0.25, 0.3) is 10.0 Å². The molecule has 0 aliphatic carbocycles. The molecule has 0 fully saturated rings. The van der Waals surface area contributed by atoms with Gasteiger partial charge in [-0.25, -0.2) is 17.6 Å². The molecule has 0 spiro atoms. The van der Waals surface area contributed by atoms with Gasteiger partial charge in [0.05, 0.1) is 11.3 Å². The first-order valence-corrected chi connectivity index (χ1v) is 9.40. The first-order valence-electron chi connectivity index (χ1n) is 7.91. The normalized spacial score (nSPS) is 14.9. The molecule has 1 aliphatic rings. The molecule has 3 rings (SSSR count). The fourth-order valence-corrected chi connectivity index (χ4v) is 4.03. The molecule has 6 nitrogen and oxygen atoms in total. The van der Waals surface area contributed by atoms with Crippen molar-refractivity contribution in [2.24, 2.45) is 0 Å². The van der Waals surface area contributed by atoms with E-state index in [0.29, 0.717) is 23.4 Å². The topological polar surface area (TPSA) is 69.7 Å². The summed E-state index contributed by atoms with van der Waals surface area (Å²) in [6, 6.07) is 5.22. The van der Waals surface area contributed by atoms with Crippen molar-refractivity contribution >= 4 is 27.4 Å². The second-order valence-electron chi connectivity index (χ2n) is 6.29. The molecule has 11 heteroatoms. The van der Waals surface area contributed by atoms with Gasteiger partial charge >= 0.3 is 12.2 Å². The van der Waals surface area contributed by atoms with Gasteiger partial charge in [0.15, 0.2) is 0 Å². The fraction of sp³-hybridized carbons (Fsp3) is 0.235. The highest BCUT2D eigenvalue weighted by Crippen LogP contribution is 2.33. The van der Waals surface area contributed by atoms with Crippen molar-refractivity contribution in [1.29, 1.82) is 0 Å².